The number of nitrogens with zero attached hydrogens (tertiary/aromatic N) is 6. The summed E-state index contributed by atoms with van der Waals surface area (Å²) in [5.74, 6) is 1.74. The maximum atomic E-state index is 5.67. The predicted octanol–water partition coefficient (Wildman–Crippen LogP) is 28.6. The fourth-order valence-electron chi connectivity index (χ4n) is 19.4. The molecule has 23 rings (SSSR count). The number of hydrogen-bond acceptors (Lipinski definition) is 4. The van der Waals surface area contributed by atoms with Crippen molar-refractivity contribution >= 4 is 60.6 Å². The van der Waals surface area contributed by atoms with Gasteiger partial charge in [-0.05, 0) is 209 Å². The van der Waals surface area contributed by atoms with Crippen LogP contribution in [-0.2, 0) is 5.41 Å². The maximum absolute atomic E-state index is 5.67. The van der Waals surface area contributed by atoms with Crippen molar-refractivity contribution in [2.45, 2.75) is 18.3 Å². The summed E-state index contributed by atoms with van der Waals surface area (Å²) in [6, 6.07) is 151. The van der Waals surface area contributed by atoms with Gasteiger partial charge in [0.1, 0.15) is 0 Å². The van der Waals surface area contributed by atoms with Gasteiger partial charge in [0, 0.05) is 60.9 Å². The molecule has 3 aromatic heterocycles. The molecule has 17 aromatic carbocycles. The van der Waals surface area contributed by atoms with Gasteiger partial charge in [-0.15, -0.1) is 0 Å². The highest BCUT2D eigenvalue weighted by atomic mass is 15.2. The van der Waals surface area contributed by atoms with Crippen LogP contribution in [0, 0.1) is 0 Å². The molecule has 0 saturated carbocycles. The molecule has 1 atom stereocenters. The third-order valence-corrected chi connectivity index (χ3v) is 24.7. The second kappa shape index (κ2) is 28.0. The van der Waals surface area contributed by atoms with E-state index in [1.54, 1.807) is 0 Å². The molecule has 0 N–H and O–H groups in total. The van der Waals surface area contributed by atoms with Gasteiger partial charge < -0.3 is 9.47 Å². The smallest absolute Gasteiger partial charge is 0.238 e. The van der Waals surface area contributed by atoms with Crippen LogP contribution in [0.4, 0.5) is 11.4 Å². The molecule has 3 heterocycles. The molecule has 6 heteroatoms. The molecule has 3 aliphatic rings. The molecule has 0 bridgehead atoms. The van der Waals surface area contributed by atoms with Crippen LogP contribution in [0.1, 0.15) is 40.7 Å². The molecule has 1 spiro atoms. The van der Waals surface area contributed by atoms with Crippen molar-refractivity contribution in [1.82, 2.24) is 24.1 Å². The van der Waals surface area contributed by atoms with Crippen LogP contribution in [0.5, 0.6) is 0 Å². The monoisotopic (exact) mass is 1500 g/mol. The molecule has 0 radical (unpaired) electrons. The summed E-state index contributed by atoms with van der Waals surface area (Å²) in [5.41, 5.74) is 36.4. The molecule has 1 unspecified atom stereocenters. The standard InChI is InChI=1S/C112H74N6/c1-7-29-73(30-8-1)76-53-59-87(60-54-76)116(102-51-25-21-43-90(102)77-35-13-4-14-36-77)88-61-55-78(56-62-88)91-47-28-50-101-106(91)96-46-20-24-49-100(96)112(101)99-48-23-19-44-92(99)94-63-64-95-98-72-83(58-66-105(98)118(108(95)107(94)112)111-114-109(79-37-15-5-16-38-79)113-110(115-111)80-39-17-6-18-40-80)82-57-65-104-97(71-82)93-45-22-26-52-103(93)117(104)89-42-27-41-81(70-89)86-68-84(74-31-9-2-10-32-74)67-85(69-86)75-33-11-3-12-34-75/h1-55,57-61,63-72H,56,62H2. The normalized spacial score (nSPS) is 13.8. The lowest BCUT2D eigenvalue weighted by atomic mass is 9.70. The van der Waals surface area contributed by atoms with Crippen LogP contribution in [0.25, 0.3) is 173 Å². The van der Waals surface area contributed by atoms with E-state index in [2.05, 4.69) is 427 Å². The second-order valence-electron chi connectivity index (χ2n) is 31.2. The van der Waals surface area contributed by atoms with Gasteiger partial charge in [-0.3, -0.25) is 4.57 Å². The number of benzene rings is 17. The Morgan fingerprint density at radius 1 is 0.263 bits per heavy atom. The Kier molecular flexibility index (Phi) is 16.2. The lowest BCUT2D eigenvalue weighted by molar-refractivity contribution is 0.794. The number of rotatable bonds is 14. The van der Waals surface area contributed by atoms with Gasteiger partial charge >= 0.3 is 0 Å². The van der Waals surface area contributed by atoms with Crippen LogP contribution in [0.2, 0.25) is 0 Å². The Balaban J connectivity index is 0.708. The zero-order chi connectivity index (χ0) is 77.8. The fraction of sp³-hybridized carbons (Fsp3) is 0.0268. The Hall–Kier alpha value is -15.4. The van der Waals surface area contributed by atoms with Crippen molar-refractivity contribution in [3.63, 3.8) is 0 Å². The van der Waals surface area contributed by atoms with E-state index in [0.717, 1.165) is 96.1 Å². The van der Waals surface area contributed by atoms with E-state index in [1.165, 1.54) is 117 Å². The van der Waals surface area contributed by atoms with Gasteiger partial charge in [0.25, 0.3) is 0 Å². The molecule has 0 aliphatic heterocycles. The molecular formula is C112H74N6. The SMILES string of the molecule is C1=C(c2cccc3c2-c2ccccc2C32c3ccccc3-c3ccc4c5cc(-c6ccc7c(c6)c6ccccc6n7-c6cccc(-c7cc(-c8ccccc8)cc(-c8ccccc8)c7)c6)ccc5n(-c5nc(-c6ccccc6)nc(-c6ccccc6)n5)c4c32)CCC(N(c2ccc(-c3ccccc3)cc2)c2ccccc2-c2ccccc2)=C1. The third kappa shape index (κ3) is 11.1. The number of hydrogen-bond donors (Lipinski definition) is 0. The van der Waals surface area contributed by atoms with Gasteiger partial charge in [-0.1, -0.05) is 340 Å². The lowest BCUT2D eigenvalue weighted by Crippen LogP contribution is -2.27. The zero-order valence-electron chi connectivity index (χ0n) is 64.5. The highest BCUT2D eigenvalue weighted by molar-refractivity contribution is 6.17. The van der Waals surface area contributed by atoms with Crippen molar-refractivity contribution < 1.29 is 0 Å². The number of fused-ring (bicyclic) bond motifs is 17. The summed E-state index contributed by atoms with van der Waals surface area (Å²) in [6.45, 7) is 0. The lowest BCUT2D eigenvalue weighted by Gasteiger charge is -2.32. The van der Waals surface area contributed by atoms with Crippen molar-refractivity contribution in [3.05, 3.63) is 458 Å². The van der Waals surface area contributed by atoms with E-state index >= 15 is 0 Å². The average molecular weight is 1500 g/mol. The van der Waals surface area contributed by atoms with Gasteiger partial charge in [-0.2, -0.15) is 9.97 Å². The minimum Gasteiger partial charge on any atom is -0.314 e. The van der Waals surface area contributed by atoms with Gasteiger partial charge in [0.15, 0.2) is 11.6 Å². The highest BCUT2D eigenvalue weighted by Crippen LogP contribution is 2.66. The third-order valence-electron chi connectivity index (χ3n) is 24.7. The largest absolute Gasteiger partial charge is 0.314 e. The summed E-state index contributed by atoms with van der Waals surface area (Å²) in [7, 11) is 0. The van der Waals surface area contributed by atoms with Crippen LogP contribution in [0.3, 0.4) is 0 Å². The molecule has 0 amide bonds. The maximum Gasteiger partial charge on any atom is 0.238 e. The quantitative estimate of drug-likeness (QED) is 0.109. The second-order valence-corrected chi connectivity index (χ2v) is 31.2. The molecular weight excluding hydrogens is 1430 g/mol. The van der Waals surface area contributed by atoms with E-state index in [9.17, 15) is 0 Å². The number of anilines is 2. The molecule has 0 saturated heterocycles. The van der Waals surface area contributed by atoms with Crippen LogP contribution in [-0.4, -0.2) is 24.1 Å². The minimum atomic E-state index is -0.796. The first-order valence-corrected chi connectivity index (χ1v) is 40.8. The molecule has 0 fully saturated rings. The first-order chi connectivity index (χ1) is 58.5. The van der Waals surface area contributed by atoms with Crippen molar-refractivity contribution in [3.8, 4) is 123 Å². The van der Waals surface area contributed by atoms with Gasteiger partial charge in [0.05, 0.1) is 33.2 Å². The average Bonchev–Trinajstić information content (AvgIpc) is 1.49. The van der Waals surface area contributed by atoms with Crippen molar-refractivity contribution in [2.75, 3.05) is 4.90 Å². The molecule has 118 heavy (non-hydrogen) atoms. The van der Waals surface area contributed by atoms with Crippen LogP contribution >= 0.6 is 0 Å². The predicted molar refractivity (Wildman–Crippen MR) is 489 cm³/mol. The fourth-order valence-corrected chi connectivity index (χ4v) is 19.4. The number of allylic oxidation sites excluding steroid dienone is 4. The van der Waals surface area contributed by atoms with Crippen LogP contribution < -0.4 is 4.90 Å². The molecule has 3 aliphatic carbocycles. The summed E-state index contributed by atoms with van der Waals surface area (Å²) in [4.78, 5) is 19.2. The first kappa shape index (κ1) is 68.2. The van der Waals surface area contributed by atoms with E-state index in [1.807, 2.05) is 12.1 Å². The molecule has 6 nitrogen and oxygen atoms in total. The topological polar surface area (TPSA) is 51.8 Å². The van der Waals surface area contributed by atoms with Gasteiger partial charge in [-0.25, -0.2) is 4.98 Å². The Bertz CT molecular complexity index is 7330. The first-order valence-electron chi connectivity index (χ1n) is 40.8. The zero-order valence-corrected chi connectivity index (χ0v) is 64.5. The summed E-state index contributed by atoms with van der Waals surface area (Å²) in [6.07, 6.45) is 6.46. The van der Waals surface area contributed by atoms with E-state index in [0.29, 0.717) is 17.6 Å². The van der Waals surface area contributed by atoms with E-state index in [-0.39, 0.29) is 0 Å². The van der Waals surface area contributed by atoms with Gasteiger partial charge in [0.2, 0.25) is 5.95 Å². The number of aromatic nitrogens is 5. The van der Waals surface area contributed by atoms with E-state index in [4.69, 9.17) is 15.0 Å². The van der Waals surface area contributed by atoms with Crippen molar-refractivity contribution in [2.24, 2.45) is 0 Å². The highest BCUT2D eigenvalue weighted by Gasteiger charge is 2.54. The summed E-state index contributed by atoms with van der Waals surface area (Å²) in [5, 5.41) is 4.57. The van der Waals surface area contributed by atoms with Crippen LogP contribution in [0.15, 0.2) is 430 Å². The Morgan fingerprint density at radius 2 is 0.720 bits per heavy atom. The summed E-state index contributed by atoms with van der Waals surface area (Å²) < 4.78 is 4.84. The van der Waals surface area contributed by atoms with Crippen molar-refractivity contribution in [1.29, 1.82) is 0 Å². The van der Waals surface area contributed by atoms with E-state index < -0.39 is 5.41 Å². The molecule has 552 valence electrons. The molecule has 20 aromatic rings. The Morgan fingerprint density at radius 3 is 1.35 bits per heavy atom. The minimum absolute atomic E-state index is 0.543. The summed E-state index contributed by atoms with van der Waals surface area (Å²) >= 11 is 0. The Labute approximate surface area is 684 Å². The number of para-hydroxylation sites is 2.